The molecule has 106 valence electrons. The maximum atomic E-state index is 11.7. The van der Waals surface area contributed by atoms with Gasteiger partial charge in [-0.3, -0.25) is 9.69 Å². The van der Waals surface area contributed by atoms with E-state index in [1.807, 2.05) is 24.3 Å². The van der Waals surface area contributed by atoms with Crippen LogP contribution in [-0.4, -0.2) is 37.6 Å². The van der Waals surface area contributed by atoms with Crippen LogP contribution in [0.1, 0.15) is 12.8 Å². The van der Waals surface area contributed by atoms with Crippen LogP contribution in [0.5, 0.6) is 0 Å². The lowest BCUT2D eigenvalue weighted by atomic mass is 10.2. The molecule has 0 spiro atoms. The predicted octanol–water partition coefficient (Wildman–Crippen LogP) is 0.907. The van der Waals surface area contributed by atoms with Crippen molar-refractivity contribution in [3.05, 3.63) is 24.3 Å². The van der Waals surface area contributed by atoms with Crippen LogP contribution < -0.4 is 20.9 Å². The smallest absolute Gasteiger partial charge is 0.321 e. The highest BCUT2D eigenvalue weighted by molar-refractivity contribution is 5.95. The van der Waals surface area contributed by atoms with Crippen molar-refractivity contribution < 1.29 is 9.59 Å². The van der Waals surface area contributed by atoms with Gasteiger partial charge in [-0.05, 0) is 37.1 Å². The van der Waals surface area contributed by atoms with Crippen LogP contribution in [0, 0.1) is 0 Å². The van der Waals surface area contributed by atoms with Crippen LogP contribution in [0.3, 0.4) is 0 Å². The molecule has 6 nitrogen and oxygen atoms in total. The number of amides is 3. The van der Waals surface area contributed by atoms with Gasteiger partial charge in [0.2, 0.25) is 5.91 Å². The molecule has 1 aliphatic carbocycles. The molecule has 0 unspecified atom stereocenters. The molecule has 1 saturated heterocycles. The standard InChI is InChI=1S/C14H18N4O2/c19-13(9-16-10-1-2-10)17-11-3-5-12(6-4-11)18-8-7-15-14(18)20/h3-6,10,16H,1-2,7-9H2,(H,15,20)(H,17,19). The van der Waals surface area contributed by atoms with E-state index in [-0.39, 0.29) is 11.9 Å². The SMILES string of the molecule is O=C(CNC1CC1)Nc1ccc(N2CCNC2=O)cc1. The van der Waals surface area contributed by atoms with E-state index >= 15 is 0 Å². The van der Waals surface area contributed by atoms with Crippen LogP contribution >= 0.6 is 0 Å². The molecule has 0 atom stereocenters. The average Bonchev–Trinajstić information content (AvgIpc) is 3.18. The molecule has 1 aliphatic heterocycles. The fourth-order valence-corrected chi connectivity index (χ4v) is 2.17. The highest BCUT2D eigenvalue weighted by Gasteiger charge is 2.22. The highest BCUT2D eigenvalue weighted by atomic mass is 16.2. The summed E-state index contributed by atoms with van der Waals surface area (Å²) in [5, 5.41) is 8.76. The Labute approximate surface area is 117 Å². The summed E-state index contributed by atoms with van der Waals surface area (Å²) < 4.78 is 0. The highest BCUT2D eigenvalue weighted by Crippen LogP contribution is 2.20. The molecule has 2 fully saturated rings. The predicted molar refractivity (Wildman–Crippen MR) is 76.8 cm³/mol. The van der Waals surface area contributed by atoms with Crippen LogP contribution in [-0.2, 0) is 4.79 Å². The van der Waals surface area contributed by atoms with Gasteiger partial charge < -0.3 is 16.0 Å². The number of anilines is 2. The second kappa shape index (κ2) is 5.50. The molecule has 1 saturated carbocycles. The minimum atomic E-state index is -0.0737. The molecule has 20 heavy (non-hydrogen) atoms. The number of hydrogen-bond donors (Lipinski definition) is 3. The van der Waals surface area contributed by atoms with Gasteiger partial charge >= 0.3 is 6.03 Å². The number of hydrogen-bond acceptors (Lipinski definition) is 3. The van der Waals surface area contributed by atoms with E-state index in [0.717, 1.165) is 11.4 Å². The summed E-state index contributed by atoms with van der Waals surface area (Å²) in [7, 11) is 0. The summed E-state index contributed by atoms with van der Waals surface area (Å²) in [4.78, 5) is 24.9. The zero-order valence-electron chi connectivity index (χ0n) is 11.2. The summed E-state index contributed by atoms with van der Waals surface area (Å²) in [6.07, 6.45) is 2.33. The Bertz CT molecular complexity index is 510. The van der Waals surface area contributed by atoms with Gasteiger partial charge in [-0.1, -0.05) is 0 Å². The van der Waals surface area contributed by atoms with Crippen LogP contribution in [0.4, 0.5) is 16.2 Å². The van der Waals surface area contributed by atoms with Crippen molar-refractivity contribution in [1.29, 1.82) is 0 Å². The first-order valence-corrected chi connectivity index (χ1v) is 6.91. The van der Waals surface area contributed by atoms with Crippen molar-refractivity contribution in [2.24, 2.45) is 0 Å². The first kappa shape index (κ1) is 12.9. The Morgan fingerprint density at radius 3 is 2.65 bits per heavy atom. The largest absolute Gasteiger partial charge is 0.336 e. The monoisotopic (exact) mass is 274 g/mol. The number of carbonyl (C=O) groups is 2. The Hall–Kier alpha value is -2.08. The molecule has 0 aromatic heterocycles. The normalized spacial score (nSPS) is 18.0. The van der Waals surface area contributed by atoms with Gasteiger partial charge in [0.1, 0.15) is 0 Å². The van der Waals surface area contributed by atoms with Crippen molar-refractivity contribution in [2.75, 3.05) is 29.9 Å². The minimum absolute atomic E-state index is 0.0384. The first-order valence-electron chi connectivity index (χ1n) is 6.91. The third kappa shape index (κ3) is 3.08. The topological polar surface area (TPSA) is 73.5 Å². The van der Waals surface area contributed by atoms with Crippen LogP contribution in [0.2, 0.25) is 0 Å². The lowest BCUT2D eigenvalue weighted by molar-refractivity contribution is -0.115. The van der Waals surface area contributed by atoms with Crippen molar-refractivity contribution in [3.8, 4) is 0 Å². The van der Waals surface area contributed by atoms with Gasteiger partial charge in [0.15, 0.2) is 0 Å². The maximum Gasteiger partial charge on any atom is 0.321 e. The van der Waals surface area contributed by atoms with Crippen molar-refractivity contribution in [2.45, 2.75) is 18.9 Å². The van der Waals surface area contributed by atoms with Gasteiger partial charge in [-0.25, -0.2) is 4.79 Å². The Morgan fingerprint density at radius 2 is 2.05 bits per heavy atom. The van der Waals surface area contributed by atoms with Crippen LogP contribution in [0.15, 0.2) is 24.3 Å². The molecular formula is C14H18N4O2. The average molecular weight is 274 g/mol. The van der Waals surface area contributed by atoms with Crippen molar-refractivity contribution in [1.82, 2.24) is 10.6 Å². The molecule has 0 radical (unpaired) electrons. The Morgan fingerprint density at radius 1 is 1.30 bits per heavy atom. The molecule has 1 aromatic rings. The lowest BCUT2D eigenvalue weighted by Gasteiger charge is -2.14. The van der Waals surface area contributed by atoms with Gasteiger partial charge in [0.05, 0.1) is 6.54 Å². The zero-order valence-corrected chi connectivity index (χ0v) is 11.2. The molecule has 1 heterocycles. The van der Waals surface area contributed by atoms with Crippen molar-refractivity contribution >= 4 is 23.3 Å². The molecule has 2 aliphatic rings. The fraction of sp³-hybridized carbons (Fsp3) is 0.429. The maximum absolute atomic E-state index is 11.7. The lowest BCUT2D eigenvalue weighted by Crippen LogP contribution is -2.29. The Kier molecular flexibility index (Phi) is 3.56. The number of urea groups is 1. The molecular weight excluding hydrogens is 256 g/mol. The Balaban J connectivity index is 1.55. The third-order valence-corrected chi connectivity index (χ3v) is 3.45. The molecule has 1 aromatic carbocycles. The first-order chi connectivity index (χ1) is 9.72. The minimum Gasteiger partial charge on any atom is -0.336 e. The van der Waals surface area contributed by atoms with E-state index < -0.39 is 0 Å². The second-order valence-electron chi connectivity index (χ2n) is 5.13. The van der Waals surface area contributed by atoms with E-state index in [0.29, 0.717) is 25.7 Å². The summed E-state index contributed by atoms with van der Waals surface area (Å²) >= 11 is 0. The number of rotatable bonds is 5. The number of nitrogens with one attached hydrogen (secondary N) is 3. The van der Waals surface area contributed by atoms with Gasteiger partial charge in [-0.2, -0.15) is 0 Å². The van der Waals surface area contributed by atoms with E-state index in [1.165, 1.54) is 12.8 Å². The van der Waals surface area contributed by atoms with Crippen molar-refractivity contribution in [3.63, 3.8) is 0 Å². The number of benzene rings is 1. The molecule has 3 rings (SSSR count). The summed E-state index contributed by atoms with van der Waals surface area (Å²) in [5.74, 6) is -0.0384. The van der Waals surface area contributed by atoms with E-state index in [1.54, 1.807) is 4.90 Å². The number of nitrogens with zero attached hydrogens (tertiary/aromatic N) is 1. The van der Waals surface area contributed by atoms with Crippen LogP contribution in [0.25, 0.3) is 0 Å². The van der Waals surface area contributed by atoms with Gasteiger partial charge in [0, 0.05) is 30.5 Å². The van der Waals surface area contributed by atoms with E-state index in [4.69, 9.17) is 0 Å². The third-order valence-electron chi connectivity index (χ3n) is 3.45. The molecule has 3 N–H and O–H groups in total. The van der Waals surface area contributed by atoms with E-state index in [2.05, 4.69) is 16.0 Å². The fourth-order valence-electron chi connectivity index (χ4n) is 2.17. The van der Waals surface area contributed by atoms with Gasteiger partial charge in [-0.15, -0.1) is 0 Å². The molecule has 6 heteroatoms. The van der Waals surface area contributed by atoms with E-state index in [9.17, 15) is 9.59 Å². The summed E-state index contributed by atoms with van der Waals surface area (Å²) in [6.45, 7) is 1.70. The molecule has 0 bridgehead atoms. The second-order valence-corrected chi connectivity index (χ2v) is 5.13. The zero-order chi connectivity index (χ0) is 13.9. The summed E-state index contributed by atoms with van der Waals surface area (Å²) in [6, 6.07) is 7.77. The molecule has 3 amide bonds. The quantitative estimate of drug-likeness (QED) is 0.747. The van der Waals surface area contributed by atoms with Gasteiger partial charge in [0.25, 0.3) is 0 Å². The number of carbonyl (C=O) groups excluding carboxylic acids is 2. The summed E-state index contributed by atoms with van der Waals surface area (Å²) in [5.41, 5.74) is 1.59.